The molecular weight excluding hydrogens is 248 g/mol. The third-order valence-electron chi connectivity index (χ3n) is 3.31. The van der Waals surface area contributed by atoms with E-state index in [4.69, 9.17) is 4.74 Å². The average Bonchev–Trinajstić information content (AvgIpc) is 2.45. The predicted octanol–water partition coefficient (Wildman–Crippen LogP) is 4.34. The normalized spacial score (nSPS) is 10.1. The van der Waals surface area contributed by atoms with Crippen LogP contribution in [0.4, 0.5) is 0 Å². The summed E-state index contributed by atoms with van der Waals surface area (Å²) in [5.74, 6) is 0.790. The molecule has 2 nitrogen and oxygen atoms in total. The number of aryl methyl sites for hydroxylation is 2. The number of ether oxygens (including phenoxy) is 1. The van der Waals surface area contributed by atoms with E-state index in [0.717, 1.165) is 39.9 Å². The zero-order valence-corrected chi connectivity index (χ0v) is 11.8. The molecule has 0 saturated heterocycles. The van der Waals surface area contributed by atoms with Crippen LogP contribution in [0.25, 0.3) is 6.08 Å². The molecule has 2 aromatic rings. The lowest BCUT2D eigenvalue weighted by molar-refractivity contribution is 0.112. The van der Waals surface area contributed by atoms with E-state index in [2.05, 4.69) is 6.58 Å². The van der Waals surface area contributed by atoms with Gasteiger partial charge in [-0.05, 0) is 48.2 Å². The lowest BCUT2D eigenvalue weighted by atomic mass is 10.0. The fourth-order valence-corrected chi connectivity index (χ4v) is 2.12. The Morgan fingerprint density at radius 2 is 1.70 bits per heavy atom. The van der Waals surface area contributed by atoms with E-state index in [-0.39, 0.29) is 0 Å². The zero-order chi connectivity index (χ0) is 14.5. The summed E-state index contributed by atoms with van der Waals surface area (Å²) in [6.45, 7) is 8.08. The van der Waals surface area contributed by atoms with Crippen molar-refractivity contribution in [2.24, 2.45) is 0 Å². The van der Waals surface area contributed by atoms with Gasteiger partial charge in [0.2, 0.25) is 0 Å². The van der Waals surface area contributed by atoms with Crippen LogP contribution >= 0.6 is 0 Å². The van der Waals surface area contributed by atoms with E-state index in [1.54, 1.807) is 0 Å². The van der Waals surface area contributed by atoms with Gasteiger partial charge in [0, 0.05) is 5.56 Å². The molecule has 20 heavy (non-hydrogen) atoms. The van der Waals surface area contributed by atoms with Gasteiger partial charge in [0.05, 0.1) is 0 Å². The van der Waals surface area contributed by atoms with Crippen molar-refractivity contribution in [3.8, 4) is 5.75 Å². The van der Waals surface area contributed by atoms with Gasteiger partial charge in [0.25, 0.3) is 0 Å². The van der Waals surface area contributed by atoms with Gasteiger partial charge in [-0.25, -0.2) is 0 Å². The van der Waals surface area contributed by atoms with E-state index < -0.39 is 0 Å². The minimum absolute atomic E-state index is 0.511. The first kappa shape index (κ1) is 14.1. The number of rotatable bonds is 5. The van der Waals surface area contributed by atoms with Crippen LogP contribution in [-0.2, 0) is 6.61 Å². The largest absolute Gasteiger partial charge is 0.489 e. The van der Waals surface area contributed by atoms with Crippen LogP contribution in [0.5, 0.6) is 5.75 Å². The fourth-order valence-electron chi connectivity index (χ4n) is 2.12. The Morgan fingerprint density at radius 1 is 1.10 bits per heavy atom. The highest BCUT2D eigenvalue weighted by molar-refractivity contribution is 5.80. The van der Waals surface area contributed by atoms with Gasteiger partial charge in [0.15, 0.2) is 6.29 Å². The van der Waals surface area contributed by atoms with Crippen LogP contribution in [0, 0.1) is 13.8 Å². The molecule has 0 atom stereocenters. The molecule has 102 valence electrons. The Morgan fingerprint density at radius 3 is 2.20 bits per heavy atom. The van der Waals surface area contributed by atoms with Crippen molar-refractivity contribution in [1.29, 1.82) is 0 Å². The zero-order valence-electron chi connectivity index (χ0n) is 11.8. The first-order chi connectivity index (χ1) is 9.63. The van der Waals surface area contributed by atoms with E-state index in [0.29, 0.717) is 6.61 Å². The second kappa shape index (κ2) is 6.20. The Labute approximate surface area is 119 Å². The van der Waals surface area contributed by atoms with Crippen LogP contribution in [0.2, 0.25) is 0 Å². The van der Waals surface area contributed by atoms with Crippen molar-refractivity contribution < 1.29 is 9.53 Å². The van der Waals surface area contributed by atoms with Crippen molar-refractivity contribution in [2.45, 2.75) is 20.5 Å². The molecule has 0 aliphatic rings. The molecule has 0 radical (unpaired) electrons. The van der Waals surface area contributed by atoms with E-state index in [9.17, 15) is 4.79 Å². The maximum atomic E-state index is 11.0. The van der Waals surface area contributed by atoms with Crippen molar-refractivity contribution in [2.75, 3.05) is 0 Å². The van der Waals surface area contributed by atoms with E-state index in [1.807, 2.05) is 56.3 Å². The van der Waals surface area contributed by atoms with Crippen LogP contribution in [0.3, 0.4) is 0 Å². The van der Waals surface area contributed by atoms with Gasteiger partial charge in [0.1, 0.15) is 12.4 Å². The van der Waals surface area contributed by atoms with Crippen LogP contribution in [0.1, 0.15) is 32.6 Å². The van der Waals surface area contributed by atoms with Gasteiger partial charge in [-0.3, -0.25) is 4.79 Å². The minimum Gasteiger partial charge on any atom is -0.489 e. The molecule has 0 aliphatic carbocycles. The molecule has 0 aromatic heterocycles. The first-order valence-electron chi connectivity index (χ1n) is 6.54. The lowest BCUT2D eigenvalue weighted by Gasteiger charge is -2.10. The molecule has 0 aliphatic heterocycles. The Bertz CT molecular complexity index is 601. The summed E-state index contributed by atoms with van der Waals surface area (Å²) >= 11 is 0. The minimum atomic E-state index is 0.511. The summed E-state index contributed by atoms with van der Waals surface area (Å²) in [6, 6.07) is 11.9. The summed E-state index contributed by atoms with van der Waals surface area (Å²) in [7, 11) is 0. The number of hydrogen-bond acceptors (Lipinski definition) is 2. The molecule has 0 saturated carbocycles. The second-order valence-electron chi connectivity index (χ2n) is 4.82. The van der Waals surface area contributed by atoms with Crippen molar-refractivity contribution in [3.63, 3.8) is 0 Å². The fraction of sp³-hybridized carbons (Fsp3) is 0.167. The summed E-state index contributed by atoms with van der Waals surface area (Å²) in [6.07, 6.45) is 2.71. The lowest BCUT2D eigenvalue weighted by Crippen LogP contribution is -1.98. The highest BCUT2D eigenvalue weighted by Gasteiger charge is 2.05. The van der Waals surface area contributed by atoms with Gasteiger partial charge in [-0.1, -0.05) is 36.9 Å². The van der Waals surface area contributed by atoms with E-state index in [1.165, 1.54) is 0 Å². The van der Waals surface area contributed by atoms with Gasteiger partial charge in [-0.15, -0.1) is 0 Å². The maximum Gasteiger partial charge on any atom is 0.150 e. The quantitative estimate of drug-likeness (QED) is 0.752. The standard InChI is InChI=1S/C18H18O2/c1-4-15-5-7-16(8-6-15)12-20-17-9-13(2)18(11-19)14(3)10-17/h4-11H,1,12H2,2-3H3. The second-order valence-corrected chi connectivity index (χ2v) is 4.82. The summed E-state index contributed by atoms with van der Waals surface area (Å²) < 4.78 is 5.78. The molecule has 0 bridgehead atoms. The summed E-state index contributed by atoms with van der Waals surface area (Å²) in [5.41, 5.74) is 4.82. The monoisotopic (exact) mass is 266 g/mol. The Balaban J connectivity index is 2.10. The van der Waals surface area contributed by atoms with Crippen molar-refractivity contribution >= 4 is 12.4 Å². The smallest absolute Gasteiger partial charge is 0.150 e. The van der Waals surface area contributed by atoms with Crippen LogP contribution in [-0.4, -0.2) is 6.29 Å². The molecule has 0 fully saturated rings. The molecular formula is C18H18O2. The Hall–Kier alpha value is -2.35. The number of aldehydes is 1. The van der Waals surface area contributed by atoms with Crippen molar-refractivity contribution in [3.05, 3.63) is 70.8 Å². The topological polar surface area (TPSA) is 26.3 Å². The average molecular weight is 266 g/mol. The number of hydrogen-bond donors (Lipinski definition) is 0. The molecule has 0 unspecified atom stereocenters. The molecule has 0 heterocycles. The third-order valence-corrected chi connectivity index (χ3v) is 3.31. The molecule has 2 heteroatoms. The van der Waals surface area contributed by atoms with Crippen LogP contribution < -0.4 is 4.74 Å². The number of benzene rings is 2. The third kappa shape index (κ3) is 3.15. The highest BCUT2D eigenvalue weighted by Crippen LogP contribution is 2.21. The first-order valence-corrected chi connectivity index (χ1v) is 6.54. The van der Waals surface area contributed by atoms with Gasteiger partial charge in [-0.2, -0.15) is 0 Å². The molecule has 0 spiro atoms. The predicted molar refractivity (Wildman–Crippen MR) is 82.2 cm³/mol. The molecule has 0 amide bonds. The molecule has 2 rings (SSSR count). The summed E-state index contributed by atoms with van der Waals surface area (Å²) in [5, 5.41) is 0. The Kier molecular flexibility index (Phi) is 4.36. The summed E-state index contributed by atoms with van der Waals surface area (Å²) in [4.78, 5) is 11.0. The molecule has 2 aromatic carbocycles. The number of carbonyl (C=O) groups excluding carboxylic acids is 1. The molecule has 0 N–H and O–H groups in total. The van der Waals surface area contributed by atoms with Gasteiger partial charge < -0.3 is 4.74 Å². The van der Waals surface area contributed by atoms with Crippen LogP contribution in [0.15, 0.2) is 43.0 Å². The maximum absolute atomic E-state index is 11.0. The SMILES string of the molecule is C=Cc1ccc(COc2cc(C)c(C=O)c(C)c2)cc1. The van der Waals surface area contributed by atoms with E-state index >= 15 is 0 Å². The van der Waals surface area contributed by atoms with Gasteiger partial charge >= 0.3 is 0 Å². The highest BCUT2D eigenvalue weighted by atomic mass is 16.5. The van der Waals surface area contributed by atoms with Crippen molar-refractivity contribution in [1.82, 2.24) is 0 Å². The number of carbonyl (C=O) groups is 1.